The number of hydrogen-bond donors (Lipinski definition) is 1. The topological polar surface area (TPSA) is 50.7 Å². The number of hydrazone groups is 1. The Morgan fingerprint density at radius 2 is 2.06 bits per heavy atom. The summed E-state index contributed by atoms with van der Waals surface area (Å²) in [4.78, 5) is 11.2. The summed E-state index contributed by atoms with van der Waals surface area (Å²) in [5.74, 6) is -0.427. The molecule has 0 aliphatic carbocycles. The first kappa shape index (κ1) is 12.5. The number of esters is 1. The van der Waals surface area contributed by atoms with Crippen molar-refractivity contribution < 1.29 is 9.53 Å². The van der Waals surface area contributed by atoms with Gasteiger partial charge in [-0.1, -0.05) is 18.5 Å². The van der Waals surface area contributed by atoms with Gasteiger partial charge in [-0.25, -0.2) is 4.79 Å². The van der Waals surface area contributed by atoms with Gasteiger partial charge in [0.25, 0.3) is 0 Å². The number of nitrogens with zero attached hydrogens (tertiary/aromatic N) is 1. The van der Waals surface area contributed by atoms with Crippen LogP contribution in [0.25, 0.3) is 0 Å². The third-order valence-electron chi connectivity index (χ3n) is 1.92. The largest absolute Gasteiger partial charge is 0.464 e. The van der Waals surface area contributed by atoms with Crippen LogP contribution in [-0.4, -0.2) is 18.8 Å². The van der Waals surface area contributed by atoms with E-state index in [0.29, 0.717) is 17.2 Å². The summed E-state index contributed by atoms with van der Waals surface area (Å²) in [5, 5.41) is 4.61. The molecule has 1 aromatic rings. The molecule has 0 heterocycles. The molecule has 5 heteroatoms. The van der Waals surface area contributed by atoms with E-state index in [9.17, 15) is 4.79 Å². The number of benzene rings is 1. The number of nitrogens with one attached hydrogen (secondary N) is 1. The Kier molecular flexibility index (Phi) is 4.79. The van der Waals surface area contributed by atoms with Gasteiger partial charge in [-0.05, 0) is 30.7 Å². The second-order valence-electron chi connectivity index (χ2n) is 3.02. The van der Waals surface area contributed by atoms with Gasteiger partial charge in [-0.2, -0.15) is 5.10 Å². The summed E-state index contributed by atoms with van der Waals surface area (Å²) in [6.45, 7) is 1.83. The fraction of sp³-hybridized carbons (Fsp3) is 0.273. The van der Waals surface area contributed by atoms with E-state index in [4.69, 9.17) is 11.6 Å². The van der Waals surface area contributed by atoms with Crippen molar-refractivity contribution in [1.29, 1.82) is 0 Å². The van der Waals surface area contributed by atoms with Gasteiger partial charge in [0, 0.05) is 5.02 Å². The highest BCUT2D eigenvalue weighted by Gasteiger charge is 2.08. The molecule has 0 aromatic heterocycles. The van der Waals surface area contributed by atoms with Crippen LogP contribution in [0, 0.1) is 0 Å². The summed E-state index contributed by atoms with van der Waals surface area (Å²) in [6, 6.07) is 7.03. The first-order chi connectivity index (χ1) is 7.67. The molecule has 1 rings (SSSR count). The Balaban J connectivity index is 2.70. The Morgan fingerprint density at radius 3 is 2.56 bits per heavy atom. The zero-order chi connectivity index (χ0) is 12.0. The van der Waals surface area contributed by atoms with Crippen LogP contribution >= 0.6 is 11.6 Å². The Morgan fingerprint density at radius 1 is 1.44 bits per heavy atom. The molecule has 0 bridgehead atoms. The number of rotatable bonds is 4. The maximum Gasteiger partial charge on any atom is 0.354 e. The van der Waals surface area contributed by atoms with Crippen LogP contribution < -0.4 is 5.43 Å². The van der Waals surface area contributed by atoms with Gasteiger partial charge in [-0.15, -0.1) is 0 Å². The number of carbonyl (C=O) groups is 1. The molecule has 0 saturated heterocycles. The minimum Gasteiger partial charge on any atom is -0.464 e. The van der Waals surface area contributed by atoms with Crippen molar-refractivity contribution in [2.75, 3.05) is 12.5 Å². The van der Waals surface area contributed by atoms with Crippen LogP contribution in [-0.2, 0) is 9.53 Å². The molecule has 0 fully saturated rings. The predicted molar refractivity (Wildman–Crippen MR) is 64.8 cm³/mol. The second-order valence-corrected chi connectivity index (χ2v) is 3.46. The van der Waals surface area contributed by atoms with Crippen molar-refractivity contribution in [3.05, 3.63) is 29.3 Å². The first-order valence-electron chi connectivity index (χ1n) is 4.83. The van der Waals surface area contributed by atoms with Gasteiger partial charge < -0.3 is 4.74 Å². The van der Waals surface area contributed by atoms with Crippen LogP contribution in [0.2, 0.25) is 5.02 Å². The smallest absolute Gasteiger partial charge is 0.354 e. The molecule has 0 radical (unpaired) electrons. The van der Waals surface area contributed by atoms with E-state index >= 15 is 0 Å². The molecule has 1 N–H and O–H groups in total. The van der Waals surface area contributed by atoms with E-state index in [1.165, 1.54) is 7.11 Å². The number of hydrogen-bond acceptors (Lipinski definition) is 4. The Hall–Kier alpha value is -1.55. The lowest BCUT2D eigenvalue weighted by atomic mass is 10.3. The fourth-order valence-corrected chi connectivity index (χ4v) is 1.17. The van der Waals surface area contributed by atoms with Crippen molar-refractivity contribution in [3.8, 4) is 0 Å². The normalized spacial score (nSPS) is 11.1. The molecule has 86 valence electrons. The molecule has 16 heavy (non-hydrogen) atoms. The van der Waals surface area contributed by atoms with Crippen molar-refractivity contribution >= 4 is 29.0 Å². The molecule has 0 spiro atoms. The van der Waals surface area contributed by atoms with Crippen LogP contribution in [0.15, 0.2) is 29.4 Å². The molecule has 0 amide bonds. The molecular weight excluding hydrogens is 228 g/mol. The molecule has 1 aromatic carbocycles. The van der Waals surface area contributed by atoms with Gasteiger partial charge in [0.05, 0.1) is 12.8 Å². The van der Waals surface area contributed by atoms with E-state index < -0.39 is 5.97 Å². The third kappa shape index (κ3) is 3.55. The third-order valence-corrected chi connectivity index (χ3v) is 2.17. The van der Waals surface area contributed by atoms with Crippen molar-refractivity contribution in [1.82, 2.24) is 0 Å². The van der Waals surface area contributed by atoms with Crippen LogP contribution in [0.3, 0.4) is 0 Å². The van der Waals surface area contributed by atoms with Crippen LogP contribution in [0.1, 0.15) is 13.3 Å². The lowest BCUT2D eigenvalue weighted by Gasteiger charge is -2.03. The maximum absolute atomic E-state index is 11.2. The van der Waals surface area contributed by atoms with Gasteiger partial charge in [-0.3, -0.25) is 5.43 Å². The monoisotopic (exact) mass is 240 g/mol. The molecule has 0 aliphatic rings. The van der Waals surface area contributed by atoms with E-state index in [0.717, 1.165) is 5.69 Å². The van der Waals surface area contributed by atoms with E-state index in [1.54, 1.807) is 24.3 Å². The number of methoxy groups -OCH3 is 1. The molecular formula is C11H13ClN2O2. The molecule has 4 nitrogen and oxygen atoms in total. The summed E-state index contributed by atoms with van der Waals surface area (Å²) >= 11 is 5.74. The minimum absolute atomic E-state index is 0.345. The second kappa shape index (κ2) is 6.12. The predicted octanol–water partition coefficient (Wildman–Crippen LogP) is 2.69. The van der Waals surface area contributed by atoms with Gasteiger partial charge in [0.15, 0.2) is 0 Å². The first-order valence-corrected chi connectivity index (χ1v) is 5.21. The van der Waals surface area contributed by atoms with E-state index in [-0.39, 0.29) is 0 Å². The summed E-state index contributed by atoms with van der Waals surface area (Å²) in [6.07, 6.45) is 0.507. The van der Waals surface area contributed by atoms with Crippen molar-refractivity contribution in [3.63, 3.8) is 0 Å². The SMILES string of the molecule is CC/C(=N\Nc1ccc(Cl)cc1)C(=O)OC. The summed E-state index contributed by atoms with van der Waals surface area (Å²) in [7, 11) is 1.33. The van der Waals surface area contributed by atoms with Crippen molar-refractivity contribution in [2.45, 2.75) is 13.3 Å². The minimum atomic E-state index is -0.427. The van der Waals surface area contributed by atoms with Gasteiger partial charge in [0.1, 0.15) is 5.71 Å². The number of ether oxygens (including phenoxy) is 1. The summed E-state index contributed by atoms with van der Waals surface area (Å²) < 4.78 is 4.58. The van der Waals surface area contributed by atoms with E-state index in [2.05, 4.69) is 15.3 Å². The Labute approximate surface area is 99.2 Å². The number of carbonyl (C=O) groups excluding carboxylic acids is 1. The average Bonchev–Trinajstić information content (AvgIpc) is 2.31. The maximum atomic E-state index is 11.2. The molecule has 0 unspecified atom stereocenters. The molecule has 0 atom stereocenters. The lowest BCUT2D eigenvalue weighted by Crippen LogP contribution is -2.16. The zero-order valence-corrected chi connectivity index (χ0v) is 9.91. The highest BCUT2D eigenvalue weighted by atomic mass is 35.5. The van der Waals surface area contributed by atoms with Crippen LogP contribution in [0.4, 0.5) is 5.69 Å². The van der Waals surface area contributed by atoms with Crippen LogP contribution in [0.5, 0.6) is 0 Å². The van der Waals surface area contributed by atoms with Gasteiger partial charge in [0.2, 0.25) is 0 Å². The molecule has 0 aliphatic heterocycles. The zero-order valence-electron chi connectivity index (χ0n) is 9.16. The van der Waals surface area contributed by atoms with Crippen molar-refractivity contribution in [2.24, 2.45) is 5.10 Å². The van der Waals surface area contributed by atoms with Gasteiger partial charge >= 0.3 is 5.97 Å². The van der Waals surface area contributed by atoms with E-state index in [1.807, 2.05) is 6.92 Å². The standard InChI is InChI=1S/C11H13ClN2O2/c1-3-10(11(15)16-2)14-13-9-6-4-8(12)5-7-9/h4-7,13H,3H2,1-2H3/b14-10+. The average molecular weight is 241 g/mol. The quantitative estimate of drug-likeness (QED) is 0.500. The summed E-state index contributed by atoms with van der Waals surface area (Å²) in [5.41, 5.74) is 3.87. The highest BCUT2D eigenvalue weighted by molar-refractivity contribution is 6.36. The number of halogens is 1. The molecule has 0 saturated carbocycles. The highest BCUT2D eigenvalue weighted by Crippen LogP contribution is 2.13. The lowest BCUT2D eigenvalue weighted by molar-refractivity contribution is -0.132. The Bertz CT molecular complexity index is 387. The fourth-order valence-electron chi connectivity index (χ4n) is 1.04. The number of anilines is 1.